The third-order valence-corrected chi connectivity index (χ3v) is 3.69. The summed E-state index contributed by atoms with van der Waals surface area (Å²) in [6, 6.07) is 11.8. The van der Waals surface area contributed by atoms with Gasteiger partial charge in [0.05, 0.1) is 11.4 Å². The first-order chi connectivity index (χ1) is 9.09. The Balaban J connectivity index is 2.14. The third kappa shape index (κ3) is 3.25. The van der Waals surface area contributed by atoms with Crippen LogP contribution in [0, 0.1) is 0 Å². The van der Waals surface area contributed by atoms with E-state index >= 15 is 0 Å². The Hall–Kier alpha value is -1.58. The second-order valence-electron chi connectivity index (χ2n) is 4.65. The van der Waals surface area contributed by atoms with Crippen LogP contribution in [0.5, 0.6) is 0 Å². The van der Waals surface area contributed by atoms with Crippen LogP contribution in [0.25, 0.3) is 0 Å². The maximum absolute atomic E-state index is 6.23. The van der Waals surface area contributed by atoms with E-state index in [1.54, 1.807) is 6.20 Å². The van der Waals surface area contributed by atoms with Gasteiger partial charge in [-0.25, -0.2) is 0 Å². The predicted octanol–water partition coefficient (Wildman–Crippen LogP) is 3.51. The van der Waals surface area contributed by atoms with Crippen LogP contribution in [0.3, 0.4) is 0 Å². The van der Waals surface area contributed by atoms with E-state index in [-0.39, 0.29) is 6.04 Å². The standard InChI is InChI=1S/C15H18ClN3/c1-11(12-6-3-4-7-13(12)16)19(2)10-15-14(17)8-5-9-18-15/h3-9,11H,10,17H2,1-2H3. The molecule has 1 heterocycles. The summed E-state index contributed by atoms with van der Waals surface area (Å²) in [7, 11) is 2.04. The molecule has 2 N–H and O–H groups in total. The lowest BCUT2D eigenvalue weighted by molar-refractivity contribution is 0.250. The van der Waals surface area contributed by atoms with E-state index < -0.39 is 0 Å². The first-order valence-electron chi connectivity index (χ1n) is 6.23. The van der Waals surface area contributed by atoms with E-state index in [0.717, 1.165) is 22.0 Å². The molecule has 0 amide bonds. The van der Waals surface area contributed by atoms with Crippen LogP contribution >= 0.6 is 11.6 Å². The zero-order valence-corrected chi connectivity index (χ0v) is 11.9. The predicted molar refractivity (Wildman–Crippen MR) is 80.0 cm³/mol. The quantitative estimate of drug-likeness (QED) is 0.928. The van der Waals surface area contributed by atoms with Crippen molar-refractivity contribution in [3.63, 3.8) is 0 Å². The number of pyridine rings is 1. The van der Waals surface area contributed by atoms with Gasteiger partial charge in [0.2, 0.25) is 0 Å². The lowest BCUT2D eigenvalue weighted by atomic mass is 10.1. The van der Waals surface area contributed by atoms with Crippen LogP contribution in [0.2, 0.25) is 5.02 Å². The Morgan fingerprint density at radius 2 is 2.00 bits per heavy atom. The number of halogens is 1. The summed E-state index contributed by atoms with van der Waals surface area (Å²) in [6.07, 6.45) is 1.76. The second kappa shape index (κ2) is 6.04. The van der Waals surface area contributed by atoms with E-state index in [0.29, 0.717) is 6.54 Å². The minimum Gasteiger partial charge on any atom is -0.397 e. The lowest BCUT2D eigenvalue weighted by Gasteiger charge is -2.25. The van der Waals surface area contributed by atoms with Crippen molar-refractivity contribution in [2.45, 2.75) is 19.5 Å². The van der Waals surface area contributed by atoms with Crippen LogP contribution in [0.1, 0.15) is 24.2 Å². The van der Waals surface area contributed by atoms with Gasteiger partial charge in [-0.15, -0.1) is 0 Å². The zero-order valence-electron chi connectivity index (χ0n) is 11.2. The first-order valence-corrected chi connectivity index (χ1v) is 6.61. The molecule has 0 bridgehead atoms. The van der Waals surface area contributed by atoms with E-state index in [9.17, 15) is 0 Å². The molecule has 19 heavy (non-hydrogen) atoms. The SMILES string of the molecule is CC(c1ccccc1Cl)N(C)Cc1ncccc1N. The van der Waals surface area contributed by atoms with E-state index in [4.69, 9.17) is 17.3 Å². The fourth-order valence-corrected chi connectivity index (χ4v) is 2.30. The van der Waals surface area contributed by atoms with Crippen molar-refractivity contribution in [1.29, 1.82) is 0 Å². The molecule has 0 radical (unpaired) electrons. The monoisotopic (exact) mass is 275 g/mol. The normalized spacial score (nSPS) is 12.6. The molecule has 1 aromatic carbocycles. The van der Waals surface area contributed by atoms with Crippen molar-refractivity contribution in [3.8, 4) is 0 Å². The molecule has 2 rings (SSSR count). The molecule has 2 aromatic rings. The number of rotatable bonds is 4. The van der Waals surface area contributed by atoms with Gasteiger partial charge in [-0.05, 0) is 37.7 Å². The number of hydrogen-bond acceptors (Lipinski definition) is 3. The molecule has 100 valence electrons. The van der Waals surface area contributed by atoms with Gasteiger partial charge in [-0.2, -0.15) is 0 Å². The molecular weight excluding hydrogens is 258 g/mol. The Morgan fingerprint density at radius 3 is 2.68 bits per heavy atom. The molecule has 0 fully saturated rings. The summed E-state index contributed by atoms with van der Waals surface area (Å²) >= 11 is 6.23. The smallest absolute Gasteiger partial charge is 0.0772 e. The van der Waals surface area contributed by atoms with Gasteiger partial charge in [0.1, 0.15) is 0 Å². The number of aromatic nitrogens is 1. The molecule has 1 unspecified atom stereocenters. The molecule has 0 saturated carbocycles. The van der Waals surface area contributed by atoms with E-state index in [1.807, 2.05) is 43.4 Å². The Bertz CT molecular complexity index is 557. The van der Waals surface area contributed by atoms with Crippen molar-refractivity contribution < 1.29 is 0 Å². The zero-order chi connectivity index (χ0) is 13.8. The highest BCUT2D eigenvalue weighted by molar-refractivity contribution is 6.31. The highest BCUT2D eigenvalue weighted by atomic mass is 35.5. The van der Waals surface area contributed by atoms with Crippen LogP contribution in [0.4, 0.5) is 5.69 Å². The maximum atomic E-state index is 6.23. The molecule has 1 atom stereocenters. The van der Waals surface area contributed by atoms with Gasteiger partial charge in [0.25, 0.3) is 0 Å². The van der Waals surface area contributed by atoms with Crippen molar-refractivity contribution in [2.24, 2.45) is 0 Å². The average molecular weight is 276 g/mol. The fourth-order valence-electron chi connectivity index (χ4n) is 2.01. The Labute approximate surface area is 119 Å². The molecule has 0 aliphatic carbocycles. The molecule has 4 heteroatoms. The van der Waals surface area contributed by atoms with Gasteiger partial charge in [-0.1, -0.05) is 29.8 Å². The number of benzene rings is 1. The van der Waals surface area contributed by atoms with E-state index in [2.05, 4.69) is 16.8 Å². The van der Waals surface area contributed by atoms with Crippen LogP contribution < -0.4 is 5.73 Å². The Kier molecular flexibility index (Phi) is 4.40. The minimum absolute atomic E-state index is 0.204. The largest absolute Gasteiger partial charge is 0.397 e. The number of nitrogen functional groups attached to an aromatic ring is 1. The fraction of sp³-hybridized carbons (Fsp3) is 0.267. The molecule has 0 aliphatic heterocycles. The van der Waals surface area contributed by atoms with Gasteiger partial charge >= 0.3 is 0 Å². The highest BCUT2D eigenvalue weighted by Crippen LogP contribution is 2.27. The molecule has 0 spiro atoms. The van der Waals surface area contributed by atoms with Crippen molar-refractivity contribution in [2.75, 3.05) is 12.8 Å². The van der Waals surface area contributed by atoms with Crippen LogP contribution in [0.15, 0.2) is 42.6 Å². The molecular formula is C15H18ClN3. The van der Waals surface area contributed by atoms with Gasteiger partial charge < -0.3 is 5.73 Å². The summed E-state index contributed by atoms with van der Waals surface area (Å²) in [5.74, 6) is 0. The number of hydrogen-bond donors (Lipinski definition) is 1. The van der Waals surface area contributed by atoms with Gasteiger partial charge in [0, 0.05) is 23.8 Å². The second-order valence-corrected chi connectivity index (χ2v) is 5.06. The molecule has 0 aliphatic rings. The number of nitrogens with two attached hydrogens (primary N) is 1. The number of nitrogens with zero attached hydrogens (tertiary/aromatic N) is 2. The van der Waals surface area contributed by atoms with Crippen molar-refractivity contribution in [1.82, 2.24) is 9.88 Å². The topological polar surface area (TPSA) is 42.2 Å². The maximum Gasteiger partial charge on any atom is 0.0772 e. The van der Waals surface area contributed by atoms with Gasteiger partial charge in [0.15, 0.2) is 0 Å². The van der Waals surface area contributed by atoms with Crippen LogP contribution in [-0.4, -0.2) is 16.9 Å². The van der Waals surface area contributed by atoms with Crippen LogP contribution in [-0.2, 0) is 6.54 Å². The van der Waals surface area contributed by atoms with Crippen molar-refractivity contribution in [3.05, 3.63) is 58.9 Å². The summed E-state index contributed by atoms with van der Waals surface area (Å²) in [4.78, 5) is 6.50. The molecule has 0 saturated heterocycles. The summed E-state index contributed by atoms with van der Waals surface area (Å²) in [6.45, 7) is 2.82. The molecule has 1 aromatic heterocycles. The minimum atomic E-state index is 0.204. The van der Waals surface area contributed by atoms with Gasteiger partial charge in [-0.3, -0.25) is 9.88 Å². The first kappa shape index (κ1) is 13.8. The van der Waals surface area contributed by atoms with E-state index in [1.165, 1.54) is 0 Å². The van der Waals surface area contributed by atoms with Crippen molar-refractivity contribution >= 4 is 17.3 Å². The highest BCUT2D eigenvalue weighted by Gasteiger charge is 2.15. The third-order valence-electron chi connectivity index (χ3n) is 3.34. The Morgan fingerprint density at radius 1 is 1.26 bits per heavy atom. The molecule has 3 nitrogen and oxygen atoms in total. The lowest BCUT2D eigenvalue weighted by Crippen LogP contribution is -2.23. The summed E-state index contributed by atoms with van der Waals surface area (Å²) < 4.78 is 0. The average Bonchev–Trinajstić information content (AvgIpc) is 2.41. The number of anilines is 1. The summed E-state index contributed by atoms with van der Waals surface area (Å²) in [5.41, 5.74) is 8.65. The summed E-state index contributed by atoms with van der Waals surface area (Å²) in [5, 5.41) is 0.788.